The van der Waals surface area contributed by atoms with Crippen molar-refractivity contribution in [3.63, 3.8) is 0 Å². The fourth-order valence-electron chi connectivity index (χ4n) is 3.67. The third-order valence-corrected chi connectivity index (χ3v) is 5.05. The molecule has 1 fully saturated rings. The standard InChI is InChI=1S/C22H25N3O3/c1-22(2)13-16(9-11-27-22)28-20-14-25(3)19-12-15(7-8-17(19)20)24-21(26)18-6-4-5-10-23-18/h4-8,10,12,14,16H,9,11,13H2,1-3H3,(H,24,26). The second-order valence-corrected chi connectivity index (χ2v) is 7.85. The van der Waals surface area contributed by atoms with Crippen LogP contribution in [0.3, 0.4) is 0 Å². The Kier molecular flexibility index (Phi) is 4.81. The quantitative estimate of drug-likeness (QED) is 0.739. The van der Waals surface area contributed by atoms with Crippen LogP contribution in [-0.2, 0) is 11.8 Å². The Bertz CT molecular complexity index is 995. The average molecular weight is 379 g/mol. The van der Waals surface area contributed by atoms with Gasteiger partial charge in [-0.3, -0.25) is 9.78 Å². The van der Waals surface area contributed by atoms with Crippen LogP contribution in [0.5, 0.6) is 5.75 Å². The predicted molar refractivity (Wildman–Crippen MR) is 109 cm³/mol. The van der Waals surface area contributed by atoms with E-state index in [1.165, 1.54) is 0 Å². The van der Waals surface area contributed by atoms with E-state index in [-0.39, 0.29) is 17.6 Å². The molecule has 6 nitrogen and oxygen atoms in total. The predicted octanol–water partition coefficient (Wildman–Crippen LogP) is 4.16. The maximum atomic E-state index is 12.3. The molecule has 0 aliphatic carbocycles. The molecule has 1 aromatic carbocycles. The van der Waals surface area contributed by atoms with Gasteiger partial charge in [0.2, 0.25) is 0 Å². The van der Waals surface area contributed by atoms with Crippen molar-refractivity contribution in [3.05, 3.63) is 54.5 Å². The van der Waals surface area contributed by atoms with E-state index in [1.807, 2.05) is 36.0 Å². The number of nitrogens with one attached hydrogen (secondary N) is 1. The van der Waals surface area contributed by atoms with Crippen LogP contribution in [0.25, 0.3) is 10.9 Å². The second-order valence-electron chi connectivity index (χ2n) is 7.85. The third-order valence-electron chi connectivity index (χ3n) is 5.05. The summed E-state index contributed by atoms with van der Waals surface area (Å²) < 4.78 is 14.1. The van der Waals surface area contributed by atoms with E-state index in [1.54, 1.807) is 24.4 Å². The minimum atomic E-state index is -0.227. The molecule has 1 atom stereocenters. The first-order chi connectivity index (χ1) is 13.4. The molecule has 1 aliphatic rings. The molecule has 1 saturated heterocycles. The monoisotopic (exact) mass is 379 g/mol. The van der Waals surface area contributed by atoms with Crippen molar-refractivity contribution in [1.29, 1.82) is 0 Å². The highest BCUT2D eigenvalue weighted by Crippen LogP contribution is 2.33. The highest BCUT2D eigenvalue weighted by atomic mass is 16.5. The summed E-state index contributed by atoms with van der Waals surface area (Å²) in [6.07, 6.45) is 5.49. The first-order valence-corrected chi connectivity index (χ1v) is 9.53. The first-order valence-electron chi connectivity index (χ1n) is 9.53. The number of anilines is 1. The van der Waals surface area contributed by atoms with Gasteiger partial charge in [-0.2, -0.15) is 0 Å². The third kappa shape index (κ3) is 3.87. The number of ether oxygens (including phenoxy) is 2. The first kappa shape index (κ1) is 18.5. The van der Waals surface area contributed by atoms with Crippen molar-refractivity contribution in [3.8, 4) is 5.75 Å². The van der Waals surface area contributed by atoms with E-state index in [0.717, 1.165) is 35.2 Å². The summed E-state index contributed by atoms with van der Waals surface area (Å²) in [5.74, 6) is 0.637. The summed E-state index contributed by atoms with van der Waals surface area (Å²) in [5.41, 5.74) is 1.96. The van der Waals surface area contributed by atoms with Gasteiger partial charge in [0.05, 0.1) is 17.7 Å². The molecule has 2 aromatic heterocycles. The van der Waals surface area contributed by atoms with Crippen LogP contribution in [0.15, 0.2) is 48.8 Å². The number of nitrogens with zero attached hydrogens (tertiary/aromatic N) is 2. The number of benzene rings is 1. The van der Waals surface area contributed by atoms with Gasteiger partial charge in [0.1, 0.15) is 17.5 Å². The van der Waals surface area contributed by atoms with Gasteiger partial charge in [0.15, 0.2) is 0 Å². The largest absolute Gasteiger partial charge is 0.488 e. The molecule has 0 radical (unpaired) electrons. The number of hydrogen-bond donors (Lipinski definition) is 1. The molecule has 6 heteroatoms. The van der Waals surface area contributed by atoms with E-state index in [9.17, 15) is 4.79 Å². The number of fused-ring (bicyclic) bond motifs is 1. The number of carbonyl (C=O) groups is 1. The number of hydrogen-bond acceptors (Lipinski definition) is 4. The fraction of sp³-hybridized carbons (Fsp3) is 0.364. The lowest BCUT2D eigenvalue weighted by atomic mass is 9.96. The van der Waals surface area contributed by atoms with Gasteiger partial charge in [-0.05, 0) is 44.2 Å². The Balaban J connectivity index is 1.54. The number of amides is 1. The Morgan fingerprint density at radius 2 is 2.18 bits per heavy atom. The molecule has 0 bridgehead atoms. The molecule has 1 N–H and O–H groups in total. The average Bonchev–Trinajstić information content (AvgIpc) is 2.97. The minimum Gasteiger partial charge on any atom is -0.488 e. The Hall–Kier alpha value is -2.86. The molecule has 146 valence electrons. The van der Waals surface area contributed by atoms with Crippen molar-refractivity contribution in [2.45, 2.75) is 38.4 Å². The van der Waals surface area contributed by atoms with Crippen LogP contribution in [-0.4, -0.2) is 33.8 Å². The van der Waals surface area contributed by atoms with Crippen molar-refractivity contribution < 1.29 is 14.3 Å². The molecule has 28 heavy (non-hydrogen) atoms. The molecule has 4 rings (SSSR count). The number of carbonyl (C=O) groups excluding carboxylic acids is 1. The van der Waals surface area contributed by atoms with Crippen molar-refractivity contribution in [1.82, 2.24) is 9.55 Å². The molecule has 3 aromatic rings. The molecule has 1 unspecified atom stereocenters. The Labute approximate surface area is 164 Å². The molecule has 0 saturated carbocycles. The normalized spacial score (nSPS) is 18.8. The van der Waals surface area contributed by atoms with Crippen LogP contribution in [0.2, 0.25) is 0 Å². The lowest BCUT2D eigenvalue weighted by Crippen LogP contribution is -2.39. The van der Waals surface area contributed by atoms with Crippen molar-refractivity contribution in [2.24, 2.45) is 7.05 Å². The molecule has 1 amide bonds. The van der Waals surface area contributed by atoms with Crippen molar-refractivity contribution >= 4 is 22.5 Å². The molecule has 3 heterocycles. The Morgan fingerprint density at radius 1 is 1.32 bits per heavy atom. The summed E-state index contributed by atoms with van der Waals surface area (Å²) in [5, 5.41) is 3.94. The fourth-order valence-corrected chi connectivity index (χ4v) is 3.67. The van der Waals surface area contributed by atoms with Gasteiger partial charge in [-0.15, -0.1) is 0 Å². The maximum Gasteiger partial charge on any atom is 0.274 e. The SMILES string of the molecule is Cn1cc(OC2CCOC(C)(C)C2)c2ccc(NC(=O)c3ccccn3)cc21. The number of aromatic nitrogens is 2. The number of rotatable bonds is 4. The zero-order chi connectivity index (χ0) is 19.7. The highest BCUT2D eigenvalue weighted by molar-refractivity contribution is 6.04. The Morgan fingerprint density at radius 3 is 2.93 bits per heavy atom. The second kappa shape index (κ2) is 7.28. The minimum absolute atomic E-state index is 0.137. The summed E-state index contributed by atoms with van der Waals surface area (Å²) in [6, 6.07) is 11.1. The van der Waals surface area contributed by atoms with Crippen LogP contribution >= 0.6 is 0 Å². The summed E-state index contributed by atoms with van der Waals surface area (Å²) in [7, 11) is 1.98. The van der Waals surface area contributed by atoms with E-state index < -0.39 is 0 Å². The van der Waals surface area contributed by atoms with Gasteiger partial charge in [-0.25, -0.2) is 0 Å². The topological polar surface area (TPSA) is 65.4 Å². The summed E-state index contributed by atoms with van der Waals surface area (Å²) in [6.45, 7) is 4.91. The maximum absolute atomic E-state index is 12.3. The number of aryl methyl sites for hydroxylation is 1. The zero-order valence-corrected chi connectivity index (χ0v) is 16.4. The summed E-state index contributed by atoms with van der Waals surface area (Å²) in [4.78, 5) is 16.4. The van der Waals surface area contributed by atoms with Crippen LogP contribution in [0.4, 0.5) is 5.69 Å². The van der Waals surface area contributed by atoms with Crippen LogP contribution in [0, 0.1) is 0 Å². The van der Waals surface area contributed by atoms with Crippen molar-refractivity contribution in [2.75, 3.05) is 11.9 Å². The molecule has 0 spiro atoms. The highest BCUT2D eigenvalue weighted by Gasteiger charge is 2.30. The van der Waals surface area contributed by atoms with E-state index in [2.05, 4.69) is 24.1 Å². The smallest absolute Gasteiger partial charge is 0.274 e. The lowest BCUT2D eigenvalue weighted by molar-refractivity contribution is -0.0894. The van der Waals surface area contributed by atoms with E-state index >= 15 is 0 Å². The van der Waals surface area contributed by atoms with Gasteiger partial charge < -0.3 is 19.4 Å². The summed E-state index contributed by atoms with van der Waals surface area (Å²) >= 11 is 0. The van der Waals surface area contributed by atoms with Gasteiger partial charge in [0.25, 0.3) is 5.91 Å². The molecule has 1 aliphatic heterocycles. The van der Waals surface area contributed by atoms with E-state index in [0.29, 0.717) is 12.3 Å². The van der Waals surface area contributed by atoms with Gasteiger partial charge in [0, 0.05) is 43.4 Å². The number of pyridine rings is 1. The zero-order valence-electron chi connectivity index (χ0n) is 16.4. The molecular weight excluding hydrogens is 354 g/mol. The van der Waals surface area contributed by atoms with Crippen LogP contribution in [0.1, 0.15) is 37.2 Å². The van der Waals surface area contributed by atoms with Gasteiger partial charge in [-0.1, -0.05) is 6.07 Å². The lowest BCUT2D eigenvalue weighted by Gasteiger charge is -2.35. The van der Waals surface area contributed by atoms with Crippen LogP contribution < -0.4 is 10.1 Å². The van der Waals surface area contributed by atoms with E-state index in [4.69, 9.17) is 9.47 Å². The molecular formula is C22H25N3O3. The van der Waals surface area contributed by atoms with Gasteiger partial charge >= 0.3 is 0 Å².